The highest BCUT2D eigenvalue weighted by molar-refractivity contribution is 8.03. The van der Waals surface area contributed by atoms with Gasteiger partial charge in [0.15, 0.2) is 10.8 Å². The van der Waals surface area contributed by atoms with Gasteiger partial charge in [-0.2, -0.15) is 0 Å². The number of aliphatic hydroxyl groups is 1. The van der Waals surface area contributed by atoms with Gasteiger partial charge in [0.1, 0.15) is 5.70 Å². The highest BCUT2D eigenvalue weighted by Crippen LogP contribution is 2.52. The molecule has 11 heteroatoms. The molecule has 4 heterocycles. The van der Waals surface area contributed by atoms with Crippen molar-refractivity contribution in [2.24, 2.45) is 11.8 Å². The molecular weight excluding hydrogens is 406 g/mol. The van der Waals surface area contributed by atoms with E-state index in [1.807, 2.05) is 11.8 Å². The fourth-order valence-corrected chi connectivity index (χ4v) is 6.37. The monoisotopic (exact) mass is 425 g/mol. The van der Waals surface area contributed by atoms with Crippen LogP contribution < -0.4 is 4.90 Å². The van der Waals surface area contributed by atoms with Gasteiger partial charge < -0.3 is 25.1 Å². The lowest BCUT2D eigenvalue weighted by Crippen LogP contribution is -2.63. The van der Waals surface area contributed by atoms with Gasteiger partial charge in [-0.1, -0.05) is 6.92 Å². The van der Waals surface area contributed by atoms with Crippen LogP contribution in [0.2, 0.25) is 0 Å². The molecule has 9 nitrogen and oxygen atoms in total. The van der Waals surface area contributed by atoms with Gasteiger partial charge in [0.2, 0.25) is 5.91 Å². The standard InChI is InChI=1S/C17H19N3O6S2/c1-6-11-10(7(2)21)14(22)20(11)12(16(25)26)13(6)28-8-3-19(4-8)17-18-9(5-27-17)15(23)24/h5-8,10-11,21H,3-4H2,1-2H3,(H,23,24)(H,25,26)/t6-,7-,10-,11-/m1/s1. The number of carbonyl (C=O) groups excluding carboxylic acids is 1. The van der Waals surface area contributed by atoms with Crippen molar-refractivity contribution in [3.05, 3.63) is 21.7 Å². The molecule has 0 aromatic carbocycles. The number of hydrogen-bond acceptors (Lipinski definition) is 8. The summed E-state index contributed by atoms with van der Waals surface area (Å²) in [6.07, 6.45) is -0.817. The fourth-order valence-electron chi connectivity index (χ4n) is 4.03. The topological polar surface area (TPSA) is 131 Å². The number of nitrogens with zero attached hydrogens (tertiary/aromatic N) is 3. The Balaban J connectivity index is 1.47. The quantitative estimate of drug-likeness (QED) is 0.569. The number of fused-ring (bicyclic) bond motifs is 1. The van der Waals surface area contributed by atoms with E-state index in [2.05, 4.69) is 4.98 Å². The van der Waals surface area contributed by atoms with E-state index in [-0.39, 0.29) is 34.5 Å². The van der Waals surface area contributed by atoms with Crippen LogP contribution in [0, 0.1) is 11.8 Å². The molecule has 3 aliphatic heterocycles. The molecule has 0 aliphatic carbocycles. The average Bonchev–Trinajstić information content (AvgIpc) is 3.13. The molecule has 0 unspecified atom stereocenters. The van der Waals surface area contributed by atoms with Crippen molar-refractivity contribution >= 4 is 46.1 Å². The number of thiazole rings is 1. The van der Waals surface area contributed by atoms with Crippen LogP contribution in [-0.4, -0.2) is 73.5 Å². The maximum atomic E-state index is 12.4. The third kappa shape index (κ3) is 2.80. The van der Waals surface area contributed by atoms with E-state index >= 15 is 0 Å². The lowest BCUT2D eigenvalue weighted by Gasteiger charge is -2.46. The molecule has 0 radical (unpaired) electrons. The number of aromatic nitrogens is 1. The summed E-state index contributed by atoms with van der Waals surface area (Å²) in [6, 6.07) is -0.311. The predicted octanol–water partition coefficient (Wildman–Crippen LogP) is 0.917. The summed E-state index contributed by atoms with van der Waals surface area (Å²) in [5, 5.41) is 30.8. The zero-order valence-electron chi connectivity index (χ0n) is 15.1. The number of rotatable bonds is 6. The Labute approximate surface area is 168 Å². The molecule has 3 N–H and O–H groups in total. The molecule has 4 atom stereocenters. The predicted molar refractivity (Wildman–Crippen MR) is 102 cm³/mol. The molecule has 28 heavy (non-hydrogen) atoms. The fraction of sp³-hybridized carbons (Fsp3) is 0.529. The van der Waals surface area contributed by atoms with Crippen LogP contribution in [0.5, 0.6) is 0 Å². The number of carboxylic acid groups (broad SMARTS) is 2. The van der Waals surface area contributed by atoms with Crippen LogP contribution in [-0.2, 0) is 9.59 Å². The zero-order valence-corrected chi connectivity index (χ0v) is 16.7. The van der Waals surface area contributed by atoms with E-state index in [9.17, 15) is 24.6 Å². The largest absolute Gasteiger partial charge is 0.477 e. The van der Waals surface area contributed by atoms with E-state index in [0.29, 0.717) is 23.1 Å². The van der Waals surface area contributed by atoms with Crippen molar-refractivity contribution in [2.45, 2.75) is 31.2 Å². The summed E-state index contributed by atoms with van der Waals surface area (Å²) in [6.45, 7) is 4.70. The van der Waals surface area contributed by atoms with Crippen molar-refractivity contribution in [3.8, 4) is 0 Å². The van der Waals surface area contributed by atoms with E-state index in [1.165, 1.54) is 33.4 Å². The summed E-state index contributed by atoms with van der Waals surface area (Å²) in [5.74, 6) is -3.24. The van der Waals surface area contributed by atoms with Gasteiger partial charge in [-0.3, -0.25) is 4.79 Å². The molecule has 0 spiro atoms. The second kappa shape index (κ2) is 6.75. The molecule has 0 bridgehead atoms. The highest BCUT2D eigenvalue weighted by atomic mass is 32.2. The minimum absolute atomic E-state index is 0.0171. The van der Waals surface area contributed by atoms with Crippen LogP contribution in [0.4, 0.5) is 5.13 Å². The average molecular weight is 425 g/mol. The lowest BCUT2D eigenvalue weighted by atomic mass is 9.79. The zero-order chi connectivity index (χ0) is 20.3. The number of carboxylic acids is 2. The molecule has 3 aliphatic rings. The van der Waals surface area contributed by atoms with E-state index in [0.717, 1.165) is 0 Å². The molecule has 150 valence electrons. The highest BCUT2D eigenvalue weighted by Gasteiger charge is 2.60. The number of hydrogen-bond donors (Lipinski definition) is 3. The Morgan fingerprint density at radius 2 is 2.00 bits per heavy atom. The number of amides is 1. The molecule has 1 aromatic rings. The van der Waals surface area contributed by atoms with Gasteiger partial charge in [-0.15, -0.1) is 23.1 Å². The molecule has 1 amide bonds. The van der Waals surface area contributed by atoms with E-state index < -0.39 is 24.0 Å². The van der Waals surface area contributed by atoms with Crippen molar-refractivity contribution in [1.29, 1.82) is 0 Å². The first-order chi connectivity index (χ1) is 13.2. The van der Waals surface area contributed by atoms with Crippen LogP contribution >= 0.6 is 23.1 Å². The first kappa shape index (κ1) is 19.2. The van der Waals surface area contributed by atoms with Crippen LogP contribution in [0.15, 0.2) is 16.0 Å². The number of aromatic carboxylic acids is 1. The molecule has 2 fully saturated rings. The van der Waals surface area contributed by atoms with E-state index in [1.54, 1.807) is 6.92 Å². The third-order valence-electron chi connectivity index (χ3n) is 5.43. The van der Waals surface area contributed by atoms with Crippen LogP contribution in [0.25, 0.3) is 0 Å². The third-order valence-corrected chi connectivity index (χ3v) is 7.79. The van der Waals surface area contributed by atoms with Crippen LogP contribution in [0.1, 0.15) is 24.3 Å². The van der Waals surface area contributed by atoms with Gasteiger partial charge in [0.25, 0.3) is 0 Å². The maximum absolute atomic E-state index is 12.4. The van der Waals surface area contributed by atoms with Gasteiger partial charge in [-0.25, -0.2) is 14.6 Å². The molecule has 4 rings (SSSR count). The van der Waals surface area contributed by atoms with Gasteiger partial charge in [-0.05, 0) is 6.92 Å². The first-order valence-corrected chi connectivity index (χ1v) is 10.6. The summed E-state index contributed by atoms with van der Waals surface area (Å²) in [7, 11) is 0. The SMILES string of the molecule is C[C@@H](O)[C@H]1C(=O)N2C(C(=O)O)=C(SC3CN(c4nc(C(=O)O)cs4)C3)[C@H](C)[C@H]12. The van der Waals surface area contributed by atoms with Gasteiger partial charge in [0, 0.05) is 34.5 Å². The van der Waals surface area contributed by atoms with Gasteiger partial charge >= 0.3 is 11.9 Å². The molecular formula is C17H19N3O6S2. The minimum atomic E-state index is -1.13. The Kier molecular flexibility index (Phi) is 4.63. The number of aliphatic hydroxyl groups excluding tert-OH is 1. The molecule has 1 aromatic heterocycles. The summed E-state index contributed by atoms with van der Waals surface area (Å²) in [5.41, 5.74) is 0.0497. The summed E-state index contributed by atoms with van der Waals surface area (Å²) in [4.78, 5) is 43.1. The lowest BCUT2D eigenvalue weighted by molar-refractivity contribution is -0.163. The summed E-state index contributed by atoms with van der Waals surface area (Å²) < 4.78 is 0. The number of carbonyl (C=O) groups is 3. The first-order valence-electron chi connectivity index (χ1n) is 8.79. The second-order valence-corrected chi connectivity index (χ2v) is 9.42. The Hall–Kier alpha value is -2.11. The maximum Gasteiger partial charge on any atom is 0.355 e. The minimum Gasteiger partial charge on any atom is -0.477 e. The number of β-lactam (4-membered cyclic amide) rings is 1. The molecule has 2 saturated heterocycles. The normalized spacial score (nSPS) is 28.1. The molecule has 0 saturated carbocycles. The Morgan fingerprint density at radius 3 is 2.54 bits per heavy atom. The number of aliphatic carboxylic acids is 1. The van der Waals surface area contributed by atoms with Crippen molar-refractivity contribution in [1.82, 2.24) is 9.88 Å². The van der Waals surface area contributed by atoms with E-state index in [4.69, 9.17) is 5.11 Å². The summed E-state index contributed by atoms with van der Waals surface area (Å²) >= 11 is 2.72. The number of anilines is 1. The Morgan fingerprint density at radius 1 is 1.32 bits per heavy atom. The second-order valence-electron chi connectivity index (χ2n) is 7.24. The smallest absolute Gasteiger partial charge is 0.355 e. The van der Waals surface area contributed by atoms with Crippen molar-refractivity contribution < 1.29 is 29.7 Å². The van der Waals surface area contributed by atoms with Crippen molar-refractivity contribution in [3.63, 3.8) is 0 Å². The Bertz CT molecular complexity index is 891. The van der Waals surface area contributed by atoms with Gasteiger partial charge in [0.05, 0.1) is 18.1 Å². The van der Waals surface area contributed by atoms with Crippen LogP contribution in [0.3, 0.4) is 0 Å². The van der Waals surface area contributed by atoms with Crippen molar-refractivity contribution in [2.75, 3.05) is 18.0 Å². The number of thioether (sulfide) groups is 1.